The second kappa shape index (κ2) is 10.4. The molecule has 0 amide bonds. The molecule has 1 aliphatic rings. The Hall–Kier alpha value is -1.89. The van der Waals surface area contributed by atoms with Gasteiger partial charge in [0.05, 0.1) is 19.8 Å². The number of nitrogens with zero attached hydrogens (tertiary/aromatic N) is 2. The van der Waals surface area contributed by atoms with Crippen LogP contribution in [0.25, 0.3) is 0 Å². The number of benzene rings is 1. The van der Waals surface area contributed by atoms with Gasteiger partial charge < -0.3 is 15.4 Å². The van der Waals surface area contributed by atoms with Crippen LogP contribution in [0.3, 0.4) is 0 Å². The summed E-state index contributed by atoms with van der Waals surface area (Å²) in [6, 6.07) is 13.0. The number of hydrogen-bond donors (Lipinski definition) is 2. The molecule has 0 unspecified atom stereocenters. The lowest BCUT2D eigenvalue weighted by molar-refractivity contribution is 0.0341. The van der Waals surface area contributed by atoms with Crippen LogP contribution in [-0.2, 0) is 30.8 Å². The van der Waals surface area contributed by atoms with Crippen molar-refractivity contribution in [3.63, 3.8) is 0 Å². The lowest BCUT2D eigenvalue weighted by Gasteiger charge is -2.27. The Morgan fingerprint density at radius 3 is 2.44 bits per heavy atom. The van der Waals surface area contributed by atoms with E-state index < -0.39 is 0 Å². The van der Waals surface area contributed by atoms with Crippen molar-refractivity contribution in [1.29, 1.82) is 0 Å². The summed E-state index contributed by atoms with van der Waals surface area (Å²) < 4.78 is 5.46. The van der Waals surface area contributed by atoms with Gasteiger partial charge in [-0.3, -0.25) is 9.89 Å². The van der Waals surface area contributed by atoms with E-state index in [1.165, 1.54) is 20.9 Å². The summed E-state index contributed by atoms with van der Waals surface area (Å²) in [5.41, 5.74) is 2.68. The van der Waals surface area contributed by atoms with Crippen LogP contribution < -0.4 is 10.6 Å². The zero-order valence-electron chi connectivity index (χ0n) is 16.3. The van der Waals surface area contributed by atoms with Gasteiger partial charge in [-0.2, -0.15) is 0 Å². The predicted molar refractivity (Wildman–Crippen MR) is 113 cm³/mol. The summed E-state index contributed by atoms with van der Waals surface area (Å²) >= 11 is 1.86. The van der Waals surface area contributed by atoms with Crippen LogP contribution >= 0.6 is 11.3 Å². The van der Waals surface area contributed by atoms with Crippen LogP contribution in [-0.4, -0.2) is 44.2 Å². The molecular formula is C21H30N4OS. The molecule has 0 spiro atoms. The number of thiophene rings is 1. The monoisotopic (exact) mass is 386 g/mol. The van der Waals surface area contributed by atoms with Crippen LogP contribution in [0.2, 0.25) is 0 Å². The molecule has 0 bridgehead atoms. The van der Waals surface area contributed by atoms with Crippen molar-refractivity contribution in [2.24, 2.45) is 4.99 Å². The van der Waals surface area contributed by atoms with Crippen molar-refractivity contribution < 1.29 is 4.74 Å². The first-order valence-corrected chi connectivity index (χ1v) is 10.5. The number of guanidine groups is 1. The molecule has 2 heterocycles. The Morgan fingerprint density at radius 2 is 1.74 bits per heavy atom. The van der Waals surface area contributed by atoms with Crippen molar-refractivity contribution in [2.45, 2.75) is 33.0 Å². The Morgan fingerprint density at radius 1 is 1.04 bits per heavy atom. The van der Waals surface area contributed by atoms with Crippen LogP contribution in [0.15, 0.2) is 41.4 Å². The molecule has 146 valence electrons. The fraction of sp³-hybridized carbons (Fsp3) is 0.476. The highest BCUT2D eigenvalue weighted by Crippen LogP contribution is 2.16. The molecule has 2 aromatic rings. The Kier molecular flexibility index (Phi) is 7.68. The number of nitrogens with one attached hydrogen (secondary N) is 2. The van der Waals surface area contributed by atoms with Crippen LogP contribution in [0, 0.1) is 0 Å². The van der Waals surface area contributed by atoms with Gasteiger partial charge in [-0.1, -0.05) is 31.2 Å². The molecule has 0 atom stereocenters. The van der Waals surface area contributed by atoms with Gasteiger partial charge in [0.15, 0.2) is 5.96 Å². The minimum Gasteiger partial charge on any atom is -0.379 e. The molecule has 0 saturated carbocycles. The summed E-state index contributed by atoms with van der Waals surface area (Å²) in [5.74, 6) is 0.836. The molecule has 6 heteroatoms. The highest BCUT2D eigenvalue weighted by atomic mass is 32.1. The van der Waals surface area contributed by atoms with Gasteiger partial charge >= 0.3 is 0 Å². The van der Waals surface area contributed by atoms with E-state index in [0.29, 0.717) is 0 Å². The van der Waals surface area contributed by atoms with Gasteiger partial charge in [0.25, 0.3) is 0 Å². The van der Waals surface area contributed by atoms with E-state index in [9.17, 15) is 0 Å². The molecule has 0 aliphatic carbocycles. The molecule has 0 radical (unpaired) electrons. The lowest BCUT2D eigenvalue weighted by Crippen LogP contribution is -2.37. The van der Waals surface area contributed by atoms with Crippen molar-refractivity contribution in [3.8, 4) is 0 Å². The third-order valence-electron chi connectivity index (χ3n) is 4.78. The minimum absolute atomic E-state index is 0.769. The van der Waals surface area contributed by atoms with Gasteiger partial charge in [-0.05, 0) is 29.7 Å². The quantitative estimate of drug-likeness (QED) is 0.567. The maximum absolute atomic E-state index is 5.46. The van der Waals surface area contributed by atoms with E-state index >= 15 is 0 Å². The second-order valence-corrected chi connectivity index (χ2v) is 7.91. The fourth-order valence-corrected chi connectivity index (χ4v) is 4.06. The van der Waals surface area contributed by atoms with E-state index in [-0.39, 0.29) is 0 Å². The molecule has 1 aliphatic heterocycles. The van der Waals surface area contributed by atoms with E-state index in [2.05, 4.69) is 63.8 Å². The highest BCUT2D eigenvalue weighted by Gasteiger charge is 2.12. The van der Waals surface area contributed by atoms with E-state index in [0.717, 1.165) is 58.3 Å². The molecule has 27 heavy (non-hydrogen) atoms. The summed E-state index contributed by atoms with van der Waals surface area (Å²) in [6.07, 6.45) is 1.09. The molecule has 1 aromatic heterocycles. The minimum atomic E-state index is 0.769. The summed E-state index contributed by atoms with van der Waals surface area (Å²) in [5, 5.41) is 6.87. The van der Waals surface area contributed by atoms with Crippen LogP contribution in [0.4, 0.5) is 0 Å². The summed E-state index contributed by atoms with van der Waals surface area (Å²) in [4.78, 5) is 9.58. The van der Waals surface area contributed by atoms with E-state index in [4.69, 9.17) is 4.74 Å². The highest BCUT2D eigenvalue weighted by molar-refractivity contribution is 7.11. The lowest BCUT2D eigenvalue weighted by atomic mass is 10.1. The topological polar surface area (TPSA) is 48.9 Å². The van der Waals surface area contributed by atoms with Gasteiger partial charge in [0.1, 0.15) is 0 Å². The first-order chi connectivity index (χ1) is 13.3. The van der Waals surface area contributed by atoms with Crippen LogP contribution in [0.1, 0.15) is 27.8 Å². The largest absolute Gasteiger partial charge is 0.379 e. The number of ether oxygens (including phenoxy) is 1. The summed E-state index contributed by atoms with van der Waals surface area (Å²) in [7, 11) is 1.82. The van der Waals surface area contributed by atoms with Crippen molar-refractivity contribution in [3.05, 3.63) is 57.3 Å². The number of morpholine rings is 1. The van der Waals surface area contributed by atoms with Crippen LogP contribution in [0.5, 0.6) is 0 Å². The Bertz CT molecular complexity index is 737. The standard InChI is InChI=1S/C21H30N4OS/c1-3-19-8-9-20(27-19)15-24-21(22-2)23-14-17-6-4-5-7-18(17)16-25-10-12-26-13-11-25/h4-9H,3,10-16H2,1-2H3,(H2,22,23,24). The zero-order valence-corrected chi connectivity index (χ0v) is 17.1. The Balaban J connectivity index is 1.53. The average Bonchev–Trinajstić information content (AvgIpc) is 3.18. The van der Waals surface area contributed by atoms with Crippen molar-refractivity contribution >= 4 is 17.3 Å². The van der Waals surface area contributed by atoms with E-state index in [1.54, 1.807) is 0 Å². The van der Waals surface area contributed by atoms with Gasteiger partial charge in [0.2, 0.25) is 0 Å². The number of aryl methyl sites for hydroxylation is 1. The van der Waals surface area contributed by atoms with Crippen molar-refractivity contribution in [1.82, 2.24) is 15.5 Å². The molecule has 1 aromatic carbocycles. The van der Waals surface area contributed by atoms with Crippen molar-refractivity contribution in [2.75, 3.05) is 33.4 Å². The first-order valence-electron chi connectivity index (χ1n) is 9.67. The molecule has 1 fully saturated rings. The molecule has 1 saturated heterocycles. The van der Waals surface area contributed by atoms with Gasteiger partial charge in [-0.15, -0.1) is 11.3 Å². The average molecular weight is 387 g/mol. The Labute approximate surface area is 166 Å². The molecule has 2 N–H and O–H groups in total. The van der Waals surface area contributed by atoms with E-state index in [1.807, 2.05) is 18.4 Å². The van der Waals surface area contributed by atoms with Gasteiger partial charge in [-0.25, -0.2) is 0 Å². The predicted octanol–water partition coefficient (Wildman–Crippen LogP) is 3.01. The second-order valence-electron chi connectivity index (χ2n) is 6.66. The number of rotatable bonds is 7. The van der Waals surface area contributed by atoms with Gasteiger partial charge in [0, 0.05) is 43.0 Å². The normalized spacial score (nSPS) is 15.7. The maximum atomic E-state index is 5.46. The first kappa shape index (κ1) is 19.9. The molecular weight excluding hydrogens is 356 g/mol. The summed E-state index contributed by atoms with van der Waals surface area (Å²) in [6.45, 7) is 8.42. The smallest absolute Gasteiger partial charge is 0.191 e. The third kappa shape index (κ3) is 6.06. The number of aliphatic imine (C=N–C) groups is 1. The zero-order chi connectivity index (χ0) is 18.9. The molecule has 5 nitrogen and oxygen atoms in total. The third-order valence-corrected chi connectivity index (χ3v) is 6.01. The number of hydrogen-bond acceptors (Lipinski definition) is 4. The molecule has 3 rings (SSSR count). The fourth-order valence-electron chi connectivity index (χ4n) is 3.16. The SMILES string of the molecule is CCc1ccc(CNC(=NC)NCc2ccccc2CN2CCOCC2)s1. The maximum Gasteiger partial charge on any atom is 0.191 e.